The van der Waals surface area contributed by atoms with Crippen LogP contribution < -0.4 is 10.6 Å². The summed E-state index contributed by atoms with van der Waals surface area (Å²) in [4.78, 5) is 26.5. The molecule has 2 aromatic carbocycles. The molecular formula is C22H29N3O2. The summed E-state index contributed by atoms with van der Waals surface area (Å²) in [7, 11) is 0. The Morgan fingerprint density at radius 2 is 1.59 bits per heavy atom. The van der Waals surface area contributed by atoms with E-state index in [2.05, 4.69) is 15.5 Å². The van der Waals surface area contributed by atoms with Crippen LogP contribution in [0.15, 0.2) is 54.6 Å². The molecule has 0 heterocycles. The molecule has 27 heavy (non-hydrogen) atoms. The van der Waals surface area contributed by atoms with Crippen molar-refractivity contribution < 1.29 is 9.59 Å². The predicted molar refractivity (Wildman–Crippen MR) is 110 cm³/mol. The summed E-state index contributed by atoms with van der Waals surface area (Å²) >= 11 is 0. The summed E-state index contributed by atoms with van der Waals surface area (Å²) in [6.07, 6.45) is 0. The smallest absolute Gasteiger partial charge is 0.255 e. The number of carbonyl (C=O) groups is 2. The lowest BCUT2D eigenvalue weighted by Crippen LogP contribution is -2.45. The maximum absolute atomic E-state index is 12.3. The molecule has 2 N–H and O–H groups in total. The molecule has 0 bridgehead atoms. The summed E-state index contributed by atoms with van der Waals surface area (Å²) < 4.78 is 0. The molecule has 0 saturated heterocycles. The number of carbonyl (C=O) groups excluding carboxylic acids is 2. The van der Waals surface area contributed by atoms with Gasteiger partial charge in [-0.25, -0.2) is 0 Å². The fourth-order valence-electron chi connectivity index (χ4n) is 2.68. The average Bonchev–Trinajstić information content (AvgIpc) is 2.61. The second-order valence-electron chi connectivity index (χ2n) is 7.62. The first-order valence-corrected chi connectivity index (χ1v) is 9.25. The Kier molecular flexibility index (Phi) is 7.13. The van der Waals surface area contributed by atoms with Crippen LogP contribution in [-0.2, 0) is 11.3 Å². The minimum absolute atomic E-state index is 0.0169. The van der Waals surface area contributed by atoms with Gasteiger partial charge in [-0.2, -0.15) is 0 Å². The molecule has 0 aliphatic rings. The van der Waals surface area contributed by atoms with E-state index in [1.807, 2.05) is 82.3 Å². The van der Waals surface area contributed by atoms with Gasteiger partial charge in [0.05, 0.1) is 6.54 Å². The maximum atomic E-state index is 12.3. The molecule has 2 amide bonds. The largest absolute Gasteiger partial charge is 0.350 e. The summed E-state index contributed by atoms with van der Waals surface area (Å²) in [6, 6.07) is 16.9. The van der Waals surface area contributed by atoms with Crippen LogP contribution in [0.5, 0.6) is 0 Å². The van der Waals surface area contributed by atoms with Gasteiger partial charge in [-0.05, 0) is 57.1 Å². The van der Waals surface area contributed by atoms with Crippen molar-refractivity contribution in [3.05, 3.63) is 65.7 Å². The van der Waals surface area contributed by atoms with Crippen LogP contribution in [0, 0.1) is 0 Å². The van der Waals surface area contributed by atoms with Gasteiger partial charge in [0.15, 0.2) is 0 Å². The first-order chi connectivity index (χ1) is 12.8. The van der Waals surface area contributed by atoms with Crippen LogP contribution in [0.2, 0.25) is 0 Å². The normalized spacial score (nSPS) is 11.3. The van der Waals surface area contributed by atoms with Crippen molar-refractivity contribution in [1.29, 1.82) is 0 Å². The van der Waals surface area contributed by atoms with Crippen LogP contribution >= 0.6 is 0 Å². The molecule has 144 valence electrons. The number of nitrogens with one attached hydrogen (secondary N) is 2. The zero-order valence-electron chi connectivity index (χ0n) is 16.6. The molecule has 0 aliphatic heterocycles. The third kappa shape index (κ3) is 7.23. The van der Waals surface area contributed by atoms with E-state index in [0.717, 1.165) is 17.8 Å². The zero-order valence-corrected chi connectivity index (χ0v) is 16.6. The van der Waals surface area contributed by atoms with Crippen LogP contribution in [0.1, 0.15) is 43.6 Å². The van der Waals surface area contributed by atoms with E-state index in [-0.39, 0.29) is 17.4 Å². The maximum Gasteiger partial charge on any atom is 0.255 e. The van der Waals surface area contributed by atoms with Crippen molar-refractivity contribution in [2.45, 2.75) is 39.8 Å². The SMILES string of the molecule is CCN(CC(=O)NC(C)(C)C)Cc1ccc(C(=O)Nc2ccccc2)cc1. The van der Waals surface area contributed by atoms with Gasteiger partial charge < -0.3 is 10.6 Å². The van der Waals surface area contributed by atoms with Crippen LogP contribution in [0.25, 0.3) is 0 Å². The van der Waals surface area contributed by atoms with E-state index in [1.165, 1.54) is 0 Å². The first-order valence-electron chi connectivity index (χ1n) is 9.25. The van der Waals surface area contributed by atoms with Gasteiger partial charge in [-0.15, -0.1) is 0 Å². The second-order valence-corrected chi connectivity index (χ2v) is 7.62. The molecule has 0 aromatic heterocycles. The zero-order chi connectivity index (χ0) is 19.9. The molecule has 0 atom stereocenters. The van der Waals surface area contributed by atoms with Crippen LogP contribution in [0.4, 0.5) is 5.69 Å². The van der Waals surface area contributed by atoms with Gasteiger partial charge in [0.2, 0.25) is 5.91 Å². The number of para-hydroxylation sites is 1. The van der Waals surface area contributed by atoms with Crippen LogP contribution in [-0.4, -0.2) is 35.3 Å². The first kappa shape index (κ1) is 20.6. The highest BCUT2D eigenvalue weighted by molar-refractivity contribution is 6.04. The lowest BCUT2D eigenvalue weighted by atomic mass is 10.1. The van der Waals surface area contributed by atoms with E-state index in [4.69, 9.17) is 0 Å². The average molecular weight is 367 g/mol. The number of benzene rings is 2. The molecule has 5 nitrogen and oxygen atoms in total. The predicted octanol–water partition coefficient (Wildman–Crippen LogP) is 3.68. The molecule has 0 unspecified atom stereocenters. The van der Waals surface area contributed by atoms with E-state index in [0.29, 0.717) is 18.7 Å². The van der Waals surface area contributed by atoms with Crippen LogP contribution in [0.3, 0.4) is 0 Å². The third-order valence-corrected chi connectivity index (χ3v) is 3.98. The Hall–Kier alpha value is -2.66. The van der Waals surface area contributed by atoms with E-state index in [9.17, 15) is 9.59 Å². The molecule has 5 heteroatoms. The van der Waals surface area contributed by atoms with Gasteiger partial charge in [0.1, 0.15) is 0 Å². The highest BCUT2D eigenvalue weighted by Gasteiger charge is 2.16. The summed E-state index contributed by atoms with van der Waals surface area (Å²) in [5, 5.41) is 5.86. The quantitative estimate of drug-likeness (QED) is 0.785. The van der Waals surface area contributed by atoms with Crippen molar-refractivity contribution in [3.8, 4) is 0 Å². The van der Waals surface area contributed by atoms with Crippen molar-refractivity contribution in [2.24, 2.45) is 0 Å². The lowest BCUT2D eigenvalue weighted by Gasteiger charge is -2.25. The summed E-state index contributed by atoms with van der Waals surface area (Å²) in [5.41, 5.74) is 2.21. The van der Waals surface area contributed by atoms with E-state index < -0.39 is 0 Å². The van der Waals surface area contributed by atoms with Gasteiger partial charge in [-0.3, -0.25) is 14.5 Å². The van der Waals surface area contributed by atoms with Gasteiger partial charge in [0.25, 0.3) is 5.91 Å². The molecular weight excluding hydrogens is 338 g/mol. The van der Waals surface area contributed by atoms with Gasteiger partial charge in [-0.1, -0.05) is 37.3 Å². The number of likely N-dealkylation sites (N-methyl/N-ethyl adjacent to an activating group) is 1. The monoisotopic (exact) mass is 367 g/mol. The summed E-state index contributed by atoms with van der Waals surface area (Å²) in [5.74, 6) is -0.118. The standard InChI is InChI=1S/C22H29N3O2/c1-5-25(16-20(26)24-22(2,3)4)15-17-11-13-18(14-12-17)21(27)23-19-9-7-6-8-10-19/h6-14H,5,15-16H2,1-4H3,(H,23,27)(H,24,26). The highest BCUT2D eigenvalue weighted by Crippen LogP contribution is 2.11. The molecule has 0 fully saturated rings. The number of nitrogens with zero attached hydrogens (tertiary/aromatic N) is 1. The fraction of sp³-hybridized carbons (Fsp3) is 0.364. The minimum Gasteiger partial charge on any atom is -0.350 e. The molecule has 0 spiro atoms. The number of hydrogen-bond acceptors (Lipinski definition) is 3. The van der Waals surface area contributed by atoms with Gasteiger partial charge in [0, 0.05) is 23.3 Å². The van der Waals surface area contributed by atoms with E-state index >= 15 is 0 Å². The number of rotatable bonds is 7. The number of anilines is 1. The highest BCUT2D eigenvalue weighted by atomic mass is 16.2. The second kappa shape index (κ2) is 9.33. The number of hydrogen-bond donors (Lipinski definition) is 2. The van der Waals surface area contributed by atoms with Crippen molar-refractivity contribution in [2.75, 3.05) is 18.4 Å². The fourth-order valence-corrected chi connectivity index (χ4v) is 2.68. The summed E-state index contributed by atoms with van der Waals surface area (Å²) in [6.45, 7) is 9.74. The Morgan fingerprint density at radius 3 is 2.15 bits per heavy atom. The molecule has 0 radical (unpaired) electrons. The lowest BCUT2D eigenvalue weighted by molar-refractivity contribution is -0.123. The van der Waals surface area contributed by atoms with Crippen molar-refractivity contribution >= 4 is 17.5 Å². The Labute approximate surface area is 161 Å². The topological polar surface area (TPSA) is 61.4 Å². The Balaban J connectivity index is 1.93. The van der Waals surface area contributed by atoms with Gasteiger partial charge >= 0.3 is 0 Å². The number of amides is 2. The Morgan fingerprint density at radius 1 is 0.963 bits per heavy atom. The molecule has 2 aromatic rings. The molecule has 0 aliphatic carbocycles. The Bertz CT molecular complexity index is 749. The van der Waals surface area contributed by atoms with Crippen molar-refractivity contribution in [1.82, 2.24) is 10.2 Å². The molecule has 2 rings (SSSR count). The van der Waals surface area contributed by atoms with Crippen molar-refractivity contribution in [3.63, 3.8) is 0 Å². The molecule has 0 saturated carbocycles. The third-order valence-electron chi connectivity index (χ3n) is 3.98. The minimum atomic E-state index is -0.232. The van der Waals surface area contributed by atoms with E-state index in [1.54, 1.807) is 0 Å².